The monoisotopic (exact) mass is 574 g/mol. The fourth-order valence-corrected chi connectivity index (χ4v) is 4.90. The van der Waals surface area contributed by atoms with Crippen molar-refractivity contribution in [2.75, 3.05) is 17.2 Å². The Morgan fingerprint density at radius 2 is 1.76 bits per heavy atom. The van der Waals surface area contributed by atoms with E-state index >= 15 is 0 Å². The number of aliphatic imine (C=N–C) groups is 1. The molecule has 0 spiro atoms. The van der Waals surface area contributed by atoms with Crippen LogP contribution in [0.25, 0.3) is 0 Å². The summed E-state index contributed by atoms with van der Waals surface area (Å²) in [6, 6.07) is 18.9. The van der Waals surface area contributed by atoms with Crippen LogP contribution in [0.15, 0.2) is 94.2 Å². The van der Waals surface area contributed by atoms with Gasteiger partial charge < -0.3 is 16.0 Å². The molecule has 216 valence electrons. The minimum atomic E-state index is -4.55. The maximum absolute atomic E-state index is 13.3. The highest BCUT2D eigenvalue weighted by Gasteiger charge is 2.37. The van der Waals surface area contributed by atoms with Crippen molar-refractivity contribution in [2.24, 2.45) is 16.0 Å². The van der Waals surface area contributed by atoms with Crippen LogP contribution < -0.4 is 16.0 Å². The molecule has 0 bridgehead atoms. The number of alkyl halides is 3. The number of aryl methyl sites for hydroxylation is 1. The Morgan fingerprint density at radius 3 is 2.50 bits per heavy atom. The number of fused-ring (bicyclic) bond motifs is 1. The molecule has 0 saturated heterocycles. The number of nitrogens with zero attached hydrogens (tertiary/aromatic N) is 3. The van der Waals surface area contributed by atoms with Crippen LogP contribution in [0, 0.1) is 12.8 Å². The summed E-state index contributed by atoms with van der Waals surface area (Å²) in [6.45, 7) is 6.04. The lowest BCUT2D eigenvalue weighted by Gasteiger charge is -2.23. The largest absolute Gasteiger partial charge is 0.416 e. The highest BCUT2D eigenvalue weighted by molar-refractivity contribution is 6.13. The molecule has 2 heterocycles. The van der Waals surface area contributed by atoms with Gasteiger partial charge in [0.1, 0.15) is 12.0 Å². The minimum Gasteiger partial charge on any atom is -0.349 e. The summed E-state index contributed by atoms with van der Waals surface area (Å²) in [5.74, 6) is -0.737. The second-order valence-electron chi connectivity index (χ2n) is 10.2. The summed E-state index contributed by atoms with van der Waals surface area (Å²) in [4.78, 5) is 30.4. The van der Waals surface area contributed by atoms with Gasteiger partial charge in [-0.15, -0.1) is 0 Å². The maximum atomic E-state index is 13.3. The van der Waals surface area contributed by atoms with Gasteiger partial charge in [0.2, 0.25) is 5.91 Å². The molecule has 3 aromatic carbocycles. The van der Waals surface area contributed by atoms with Gasteiger partial charge in [0.05, 0.1) is 24.1 Å². The van der Waals surface area contributed by atoms with Crippen LogP contribution >= 0.6 is 0 Å². The second-order valence-corrected chi connectivity index (χ2v) is 10.2. The van der Waals surface area contributed by atoms with Crippen molar-refractivity contribution in [2.45, 2.75) is 33.0 Å². The first kappa shape index (κ1) is 28.6. The molecular formula is C31H29F3N6O2. The zero-order valence-corrected chi connectivity index (χ0v) is 23.2. The zero-order valence-electron chi connectivity index (χ0n) is 23.2. The van der Waals surface area contributed by atoms with Crippen LogP contribution in [0.1, 0.15) is 46.9 Å². The van der Waals surface area contributed by atoms with Crippen molar-refractivity contribution >= 4 is 35.4 Å². The van der Waals surface area contributed by atoms with Gasteiger partial charge in [-0.25, -0.2) is 4.99 Å². The zero-order chi connectivity index (χ0) is 30.0. The normalized spacial score (nSPS) is 17.0. The smallest absolute Gasteiger partial charge is 0.349 e. The standard InChI is InChI=1S/C31H29F3N6O2/c1-18-12-13-24(38-29(41)22-10-7-11-23(14-22)31(32,33)34)15-26(18)39-28-27-19(2)25(16-40(27)36-17-35-28)30(42)37-20(3)21-8-5-4-6-9-21/h4-15,17,20,25H,16H2,1-3H3,(H,37,42)(H,38,41)(H,35,36,39)/t20-,25?/m0/s1. The number of hydrogen-bond acceptors (Lipinski definition) is 6. The quantitative estimate of drug-likeness (QED) is 0.331. The summed E-state index contributed by atoms with van der Waals surface area (Å²) < 4.78 is 39.3. The Balaban J connectivity index is 1.32. The lowest BCUT2D eigenvalue weighted by molar-refractivity contribution is -0.137. The van der Waals surface area contributed by atoms with Crippen LogP contribution in [0.4, 0.5) is 24.5 Å². The molecule has 1 unspecified atom stereocenters. The first-order valence-electron chi connectivity index (χ1n) is 13.3. The number of benzene rings is 3. The van der Waals surface area contributed by atoms with E-state index < -0.39 is 23.6 Å². The molecule has 0 aromatic heterocycles. The Morgan fingerprint density at radius 1 is 1.00 bits per heavy atom. The van der Waals surface area contributed by atoms with Gasteiger partial charge in [0.15, 0.2) is 5.84 Å². The molecule has 0 aliphatic carbocycles. The van der Waals surface area contributed by atoms with Gasteiger partial charge >= 0.3 is 6.18 Å². The van der Waals surface area contributed by atoms with E-state index in [1.165, 1.54) is 18.5 Å². The van der Waals surface area contributed by atoms with Gasteiger partial charge in [0, 0.05) is 16.9 Å². The van der Waals surface area contributed by atoms with Crippen molar-refractivity contribution in [3.8, 4) is 0 Å². The molecule has 5 rings (SSSR count). The molecule has 3 aromatic rings. The third-order valence-corrected chi connectivity index (χ3v) is 7.29. The molecule has 2 atom stereocenters. The van der Waals surface area contributed by atoms with Gasteiger partial charge in [-0.05, 0) is 67.8 Å². The number of nitrogens with one attached hydrogen (secondary N) is 3. The molecule has 0 saturated carbocycles. The third-order valence-electron chi connectivity index (χ3n) is 7.29. The first-order chi connectivity index (χ1) is 20.0. The van der Waals surface area contributed by atoms with Crippen molar-refractivity contribution in [1.82, 2.24) is 10.3 Å². The summed E-state index contributed by atoms with van der Waals surface area (Å²) in [5, 5.41) is 15.1. The number of carbonyl (C=O) groups is 2. The summed E-state index contributed by atoms with van der Waals surface area (Å²) in [6.07, 6.45) is -3.15. The molecule has 0 radical (unpaired) electrons. The summed E-state index contributed by atoms with van der Waals surface area (Å²) in [5.41, 5.74) is 3.33. The van der Waals surface area contributed by atoms with E-state index in [0.29, 0.717) is 29.5 Å². The second kappa shape index (κ2) is 11.5. The molecule has 2 aliphatic heterocycles. The Bertz CT molecular complexity index is 1610. The Hall–Kier alpha value is -4.93. The van der Waals surface area contributed by atoms with E-state index in [0.717, 1.165) is 28.8 Å². The SMILES string of the molecule is CC1=C2C(Nc3cc(NC(=O)c4cccc(C(F)(F)F)c4)ccc3C)=NC=NN2CC1C(=O)N[C@@H](C)c1ccccc1. The van der Waals surface area contributed by atoms with E-state index in [-0.39, 0.29) is 17.5 Å². The number of hydrazone groups is 1. The van der Waals surface area contributed by atoms with Crippen molar-refractivity contribution in [3.63, 3.8) is 0 Å². The predicted molar refractivity (Wildman–Crippen MR) is 156 cm³/mol. The average Bonchev–Trinajstić information content (AvgIpc) is 3.32. The minimum absolute atomic E-state index is 0.110. The molecule has 3 N–H and O–H groups in total. The van der Waals surface area contributed by atoms with Gasteiger partial charge in [-0.1, -0.05) is 42.5 Å². The predicted octanol–water partition coefficient (Wildman–Crippen LogP) is 6.12. The molecule has 8 nitrogen and oxygen atoms in total. The van der Waals surface area contributed by atoms with E-state index in [9.17, 15) is 22.8 Å². The highest BCUT2D eigenvalue weighted by Crippen LogP contribution is 2.33. The van der Waals surface area contributed by atoms with Gasteiger partial charge in [-0.3, -0.25) is 14.6 Å². The number of carbonyl (C=O) groups excluding carboxylic acids is 2. The van der Waals surface area contributed by atoms with Crippen molar-refractivity contribution in [1.29, 1.82) is 0 Å². The molecule has 2 aliphatic rings. The molecule has 42 heavy (non-hydrogen) atoms. The third kappa shape index (κ3) is 6.04. The Kier molecular flexibility index (Phi) is 7.84. The topological polar surface area (TPSA) is 98.2 Å². The maximum Gasteiger partial charge on any atom is 0.416 e. The van der Waals surface area contributed by atoms with E-state index in [4.69, 9.17) is 0 Å². The number of halogens is 3. The van der Waals surface area contributed by atoms with Crippen LogP contribution in [0.3, 0.4) is 0 Å². The molecule has 0 fully saturated rings. The molecule has 11 heteroatoms. The summed E-state index contributed by atoms with van der Waals surface area (Å²) >= 11 is 0. The van der Waals surface area contributed by atoms with E-state index in [1.54, 1.807) is 23.2 Å². The average molecular weight is 575 g/mol. The van der Waals surface area contributed by atoms with Crippen LogP contribution in [-0.4, -0.2) is 35.5 Å². The van der Waals surface area contributed by atoms with Crippen LogP contribution in [-0.2, 0) is 11.0 Å². The lowest BCUT2D eigenvalue weighted by atomic mass is 10.00. The van der Waals surface area contributed by atoms with Gasteiger partial charge in [-0.2, -0.15) is 18.3 Å². The van der Waals surface area contributed by atoms with Gasteiger partial charge in [0.25, 0.3) is 5.91 Å². The lowest BCUT2D eigenvalue weighted by Crippen LogP contribution is -2.35. The number of anilines is 2. The van der Waals surface area contributed by atoms with Crippen LogP contribution in [0.5, 0.6) is 0 Å². The fourth-order valence-electron chi connectivity index (χ4n) is 4.90. The molecular weight excluding hydrogens is 545 g/mol. The van der Waals surface area contributed by atoms with Crippen molar-refractivity contribution < 1.29 is 22.8 Å². The van der Waals surface area contributed by atoms with E-state index in [1.807, 2.05) is 51.1 Å². The molecule has 2 amide bonds. The number of amidine groups is 1. The van der Waals surface area contributed by atoms with E-state index in [2.05, 4.69) is 26.0 Å². The van der Waals surface area contributed by atoms with Crippen molar-refractivity contribution in [3.05, 3.63) is 106 Å². The fraction of sp³-hybridized carbons (Fsp3) is 0.226. The van der Waals surface area contributed by atoms with Crippen LogP contribution in [0.2, 0.25) is 0 Å². The number of rotatable bonds is 6. The first-order valence-corrected chi connectivity index (χ1v) is 13.3. The summed E-state index contributed by atoms with van der Waals surface area (Å²) in [7, 11) is 0. The highest BCUT2D eigenvalue weighted by atomic mass is 19.4. The number of hydrogen-bond donors (Lipinski definition) is 3. The Labute approximate surface area is 241 Å². The number of amides is 2.